The van der Waals surface area contributed by atoms with Crippen molar-refractivity contribution in [1.82, 2.24) is 10.4 Å². The highest BCUT2D eigenvalue weighted by atomic mass is 32.2. The van der Waals surface area contributed by atoms with E-state index in [1.807, 2.05) is 5.01 Å². The Morgan fingerprint density at radius 3 is 2.52 bits per heavy atom. The molecule has 1 aliphatic rings. The van der Waals surface area contributed by atoms with E-state index < -0.39 is 15.8 Å². The fraction of sp³-hybridized carbons (Fsp3) is 0.316. The van der Waals surface area contributed by atoms with Gasteiger partial charge in [0.15, 0.2) is 0 Å². The Bertz CT molecular complexity index is 941. The van der Waals surface area contributed by atoms with Gasteiger partial charge in [0.05, 0.1) is 4.90 Å². The van der Waals surface area contributed by atoms with Gasteiger partial charge in [-0.3, -0.25) is 14.9 Å². The molecule has 27 heavy (non-hydrogen) atoms. The molecule has 0 unspecified atom stereocenters. The second kappa shape index (κ2) is 8.06. The summed E-state index contributed by atoms with van der Waals surface area (Å²) >= 11 is 0. The predicted molar refractivity (Wildman–Crippen MR) is 101 cm³/mol. The molecule has 0 atom stereocenters. The van der Waals surface area contributed by atoms with Crippen LogP contribution in [0.2, 0.25) is 0 Å². The number of rotatable bonds is 5. The number of benzene rings is 2. The van der Waals surface area contributed by atoms with Crippen molar-refractivity contribution in [2.24, 2.45) is 0 Å². The van der Waals surface area contributed by atoms with E-state index in [2.05, 4.69) is 10.1 Å². The van der Waals surface area contributed by atoms with Crippen LogP contribution in [0.1, 0.15) is 35.2 Å². The lowest BCUT2D eigenvalue weighted by Gasteiger charge is -2.26. The summed E-state index contributed by atoms with van der Waals surface area (Å²) < 4.78 is 41.0. The number of carbonyl (C=O) groups excluding carboxylic acids is 1. The minimum atomic E-state index is -3.95. The third-order valence-corrected chi connectivity index (χ3v) is 5.83. The van der Waals surface area contributed by atoms with E-state index in [-0.39, 0.29) is 16.5 Å². The van der Waals surface area contributed by atoms with Crippen LogP contribution in [0.25, 0.3) is 0 Å². The lowest BCUT2D eigenvalue weighted by molar-refractivity contribution is 0.0750. The maximum atomic E-state index is 13.7. The molecular weight excluding hydrogens is 369 g/mol. The molecule has 1 saturated heterocycles. The lowest BCUT2D eigenvalue weighted by Crippen LogP contribution is -2.45. The second-order valence-corrected chi connectivity index (χ2v) is 8.27. The Hall–Kier alpha value is -2.45. The fourth-order valence-corrected chi connectivity index (χ4v) is 3.95. The van der Waals surface area contributed by atoms with E-state index in [0.29, 0.717) is 11.1 Å². The quantitative estimate of drug-likeness (QED) is 0.821. The second-order valence-electron chi connectivity index (χ2n) is 6.59. The number of nitrogens with zero attached hydrogens (tertiary/aromatic N) is 1. The summed E-state index contributed by atoms with van der Waals surface area (Å²) in [4.78, 5) is 12.2. The highest BCUT2D eigenvalue weighted by Crippen LogP contribution is 2.19. The molecule has 144 valence electrons. The molecule has 0 aliphatic carbocycles. The van der Waals surface area contributed by atoms with Crippen LogP contribution in [-0.2, 0) is 10.0 Å². The summed E-state index contributed by atoms with van der Waals surface area (Å²) in [5.41, 5.74) is 3.79. The average molecular weight is 391 g/mol. The molecule has 0 aromatic heterocycles. The zero-order valence-corrected chi connectivity index (χ0v) is 15.9. The number of hydrogen-bond donors (Lipinski definition) is 2. The van der Waals surface area contributed by atoms with Gasteiger partial charge in [-0.05, 0) is 55.7 Å². The Kier molecular flexibility index (Phi) is 5.76. The molecule has 1 amide bonds. The van der Waals surface area contributed by atoms with Gasteiger partial charge < -0.3 is 0 Å². The third kappa shape index (κ3) is 4.84. The summed E-state index contributed by atoms with van der Waals surface area (Å²) in [6.45, 7) is 3.16. The number of piperidine rings is 1. The molecule has 2 N–H and O–H groups in total. The smallest absolute Gasteiger partial charge is 0.265 e. The monoisotopic (exact) mass is 391 g/mol. The zero-order valence-electron chi connectivity index (χ0n) is 15.0. The van der Waals surface area contributed by atoms with Crippen LogP contribution in [0, 0.1) is 12.7 Å². The minimum absolute atomic E-state index is 0.172. The molecule has 0 bridgehead atoms. The molecule has 0 radical (unpaired) electrons. The van der Waals surface area contributed by atoms with Gasteiger partial charge in [-0.1, -0.05) is 18.6 Å². The topological polar surface area (TPSA) is 78.5 Å². The van der Waals surface area contributed by atoms with Crippen LogP contribution in [0.5, 0.6) is 0 Å². The Balaban J connectivity index is 1.74. The van der Waals surface area contributed by atoms with Gasteiger partial charge in [0.2, 0.25) is 0 Å². The van der Waals surface area contributed by atoms with Crippen molar-refractivity contribution in [3.63, 3.8) is 0 Å². The van der Waals surface area contributed by atoms with Gasteiger partial charge in [-0.2, -0.15) is 0 Å². The van der Waals surface area contributed by atoms with E-state index in [4.69, 9.17) is 0 Å². The van der Waals surface area contributed by atoms with Crippen LogP contribution >= 0.6 is 0 Å². The number of halogens is 1. The number of hydrogen-bond acceptors (Lipinski definition) is 4. The van der Waals surface area contributed by atoms with Crippen molar-refractivity contribution in [3.8, 4) is 0 Å². The molecule has 2 aromatic carbocycles. The lowest BCUT2D eigenvalue weighted by atomic mass is 10.1. The molecule has 0 saturated carbocycles. The Labute approximate surface area is 158 Å². The van der Waals surface area contributed by atoms with Crippen molar-refractivity contribution in [1.29, 1.82) is 0 Å². The summed E-state index contributed by atoms with van der Waals surface area (Å²) in [6.07, 6.45) is 3.23. The first-order valence-corrected chi connectivity index (χ1v) is 10.3. The number of nitrogens with one attached hydrogen (secondary N) is 2. The highest BCUT2D eigenvalue weighted by Gasteiger charge is 2.18. The van der Waals surface area contributed by atoms with E-state index >= 15 is 0 Å². The Morgan fingerprint density at radius 2 is 1.81 bits per heavy atom. The molecule has 8 heteroatoms. The molecular formula is C19H22FN3O3S. The van der Waals surface area contributed by atoms with Crippen LogP contribution in [-0.4, -0.2) is 32.4 Å². The molecule has 2 aromatic rings. The van der Waals surface area contributed by atoms with Gasteiger partial charge in [-0.25, -0.2) is 17.8 Å². The zero-order chi connectivity index (χ0) is 19.4. The van der Waals surface area contributed by atoms with Crippen LogP contribution in [0.15, 0.2) is 47.4 Å². The summed E-state index contributed by atoms with van der Waals surface area (Å²) in [5, 5.41) is 1.87. The van der Waals surface area contributed by atoms with Crippen LogP contribution < -0.4 is 10.1 Å². The molecule has 0 spiro atoms. The summed E-state index contributed by atoms with van der Waals surface area (Å²) in [6, 6.07) is 9.94. The van der Waals surface area contributed by atoms with Gasteiger partial charge in [0.1, 0.15) is 5.82 Å². The van der Waals surface area contributed by atoms with Gasteiger partial charge in [0.25, 0.3) is 15.9 Å². The first kappa shape index (κ1) is 19.3. The number of amides is 1. The van der Waals surface area contributed by atoms with Crippen molar-refractivity contribution in [2.75, 3.05) is 17.8 Å². The number of anilines is 1. The fourth-order valence-electron chi connectivity index (χ4n) is 2.89. The molecule has 1 aliphatic heterocycles. The summed E-state index contributed by atoms with van der Waals surface area (Å²) in [5.74, 6) is -0.883. The standard InChI is InChI=1S/C19H22FN3O3S/c1-14-8-9-17(13-18(14)20)27(25,26)22-16-7-5-6-15(12-16)19(24)21-23-10-3-2-4-11-23/h5-9,12-13,22H,2-4,10-11H2,1H3,(H,21,24). The molecule has 1 fully saturated rings. The Morgan fingerprint density at radius 1 is 1.07 bits per heavy atom. The third-order valence-electron chi connectivity index (χ3n) is 4.45. The van der Waals surface area contributed by atoms with E-state index in [9.17, 15) is 17.6 Å². The summed E-state index contributed by atoms with van der Waals surface area (Å²) in [7, 11) is -3.95. The maximum Gasteiger partial charge on any atom is 0.265 e. The van der Waals surface area contributed by atoms with Crippen molar-refractivity contribution in [3.05, 3.63) is 59.4 Å². The highest BCUT2D eigenvalue weighted by molar-refractivity contribution is 7.92. The number of carbonyl (C=O) groups is 1. The first-order valence-electron chi connectivity index (χ1n) is 8.80. The van der Waals surface area contributed by atoms with Crippen LogP contribution in [0.4, 0.5) is 10.1 Å². The van der Waals surface area contributed by atoms with Crippen molar-refractivity contribution in [2.45, 2.75) is 31.1 Å². The van der Waals surface area contributed by atoms with E-state index in [0.717, 1.165) is 38.4 Å². The van der Waals surface area contributed by atoms with Crippen molar-refractivity contribution < 1.29 is 17.6 Å². The largest absolute Gasteiger partial charge is 0.285 e. The average Bonchev–Trinajstić information content (AvgIpc) is 2.64. The normalized spacial score (nSPS) is 15.3. The maximum absolute atomic E-state index is 13.7. The van der Waals surface area contributed by atoms with E-state index in [1.54, 1.807) is 25.1 Å². The first-order chi connectivity index (χ1) is 12.8. The van der Waals surface area contributed by atoms with Crippen LogP contribution in [0.3, 0.4) is 0 Å². The molecule has 1 heterocycles. The van der Waals surface area contributed by atoms with Gasteiger partial charge in [-0.15, -0.1) is 0 Å². The minimum Gasteiger partial charge on any atom is -0.285 e. The molecule has 3 rings (SSSR count). The number of sulfonamides is 1. The number of aryl methyl sites for hydroxylation is 1. The van der Waals surface area contributed by atoms with Gasteiger partial charge in [0, 0.05) is 24.3 Å². The number of hydrazine groups is 1. The SMILES string of the molecule is Cc1ccc(S(=O)(=O)Nc2cccc(C(=O)NN3CCCCC3)c2)cc1F. The molecule has 6 nitrogen and oxygen atoms in total. The van der Waals surface area contributed by atoms with E-state index in [1.165, 1.54) is 18.2 Å². The van der Waals surface area contributed by atoms with Crippen molar-refractivity contribution >= 4 is 21.6 Å². The predicted octanol–water partition coefficient (Wildman–Crippen LogP) is 3.07. The van der Waals surface area contributed by atoms with Gasteiger partial charge >= 0.3 is 0 Å².